The van der Waals surface area contributed by atoms with Gasteiger partial charge >= 0.3 is 0 Å². The SMILES string of the molecule is CCCOC1CCCN(C(=O)c2nn(C)cc2N)C1. The maximum absolute atomic E-state index is 12.4. The standard InChI is InChI=1S/C13H22N4O2/c1-3-7-19-10-5-4-6-17(8-10)13(18)12-11(14)9-16(2)15-12/h9-10H,3-8,14H2,1-2H3. The Bertz CT molecular complexity index is 444. The average molecular weight is 266 g/mol. The second-order valence-corrected chi connectivity index (χ2v) is 4.99. The third-order valence-corrected chi connectivity index (χ3v) is 3.28. The fourth-order valence-corrected chi connectivity index (χ4v) is 2.37. The molecular weight excluding hydrogens is 244 g/mol. The Morgan fingerprint density at radius 3 is 3.05 bits per heavy atom. The molecular formula is C13H22N4O2. The number of rotatable bonds is 4. The number of likely N-dealkylation sites (tertiary alicyclic amines) is 1. The van der Waals surface area contributed by atoms with Crippen LogP contribution >= 0.6 is 0 Å². The van der Waals surface area contributed by atoms with Gasteiger partial charge in [-0.1, -0.05) is 6.92 Å². The lowest BCUT2D eigenvalue weighted by Crippen LogP contribution is -2.43. The zero-order chi connectivity index (χ0) is 13.8. The van der Waals surface area contributed by atoms with Gasteiger partial charge in [0.1, 0.15) is 0 Å². The summed E-state index contributed by atoms with van der Waals surface area (Å²) < 4.78 is 7.30. The van der Waals surface area contributed by atoms with E-state index in [-0.39, 0.29) is 12.0 Å². The molecule has 0 radical (unpaired) electrons. The van der Waals surface area contributed by atoms with Crippen LogP contribution in [0.15, 0.2) is 6.20 Å². The number of aromatic nitrogens is 2. The van der Waals surface area contributed by atoms with E-state index in [1.165, 1.54) is 0 Å². The summed E-state index contributed by atoms with van der Waals surface area (Å²) >= 11 is 0. The lowest BCUT2D eigenvalue weighted by molar-refractivity contribution is 0.00193. The van der Waals surface area contributed by atoms with Crippen molar-refractivity contribution in [2.75, 3.05) is 25.4 Å². The highest BCUT2D eigenvalue weighted by molar-refractivity contribution is 5.97. The fourth-order valence-electron chi connectivity index (χ4n) is 2.37. The highest BCUT2D eigenvalue weighted by atomic mass is 16.5. The van der Waals surface area contributed by atoms with Gasteiger partial charge in [-0.05, 0) is 19.3 Å². The Balaban J connectivity index is 2.01. The van der Waals surface area contributed by atoms with Gasteiger partial charge < -0.3 is 15.4 Å². The first-order valence-electron chi connectivity index (χ1n) is 6.81. The van der Waals surface area contributed by atoms with Crippen LogP contribution in [0.4, 0.5) is 5.69 Å². The summed E-state index contributed by atoms with van der Waals surface area (Å²) in [5, 5.41) is 4.13. The highest BCUT2D eigenvalue weighted by Crippen LogP contribution is 2.18. The molecule has 1 fully saturated rings. The van der Waals surface area contributed by atoms with Crippen molar-refractivity contribution in [2.24, 2.45) is 7.05 Å². The topological polar surface area (TPSA) is 73.4 Å². The largest absolute Gasteiger partial charge is 0.396 e. The van der Waals surface area contributed by atoms with E-state index < -0.39 is 0 Å². The van der Waals surface area contributed by atoms with E-state index in [9.17, 15) is 4.79 Å². The van der Waals surface area contributed by atoms with E-state index in [1.807, 2.05) is 0 Å². The van der Waals surface area contributed by atoms with Crippen LogP contribution in [0.5, 0.6) is 0 Å². The van der Waals surface area contributed by atoms with Crippen LogP contribution in [0.25, 0.3) is 0 Å². The van der Waals surface area contributed by atoms with E-state index in [0.29, 0.717) is 17.9 Å². The lowest BCUT2D eigenvalue weighted by atomic mass is 10.1. The van der Waals surface area contributed by atoms with Gasteiger partial charge in [-0.2, -0.15) is 5.10 Å². The number of aryl methyl sites for hydroxylation is 1. The van der Waals surface area contributed by atoms with Crippen molar-refractivity contribution in [3.63, 3.8) is 0 Å². The molecule has 6 nitrogen and oxygen atoms in total. The summed E-state index contributed by atoms with van der Waals surface area (Å²) in [4.78, 5) is 14.2. The number of nitrogens with two attached hydrogens (primary N) is 1. The quantitative estimate of drug-likeness (QED) is 0.883. The number of hydrogen-bond donors (Lipinski definition) is 1. The summed E-state index contributed by atoms with van der Waals surface area (Å²) in [5.74, 6) is -0.0945. The molecule has 106 valence electrons. The Morgan fingerprint density at radius 2 is 2.42 bits per heavy atom. The van der Waals surface area contributed by atoms with Crippen molar-refractivity contribution in [3.8, 4) is 0 Å². The van der Waals surface area contributed by atoms with Gasteiger partial charge in [0.15, 0.2) is 5.69 Å². The molecule has 1 aliphatic rings. The Kier molecular flexibility index (Phi) is 4.42. The molecule has 1 aromatic rings. The molecule has 6 heteroatoms. The zero-order valence-electron chi connectivity index (χ0n) is 11.6. The first kappa shape index (κ1) is 13.9. The summed E-state index contributed by atoms with van der Waals surface area (Å²) in [6, 6.07) is 0. The van der Waals surface area contributed by atoms with Crippen molar-refractivity contribution in [1.29, 1.82) is 0 Å². The van der Waals surface area contributed by atoms with Gasteiger partial charge in [-0.3, -0.25) is 9.48 Å². The molecule has 2 heterocycles. The first-order valence-corrected chi connectivity index (χ1v) is 6.81. The van der Waals surface area contributed by atoms with E-state index in [1.54, 1.807) is 22.8 Å². The summed E-state index contributed by atoms with van der Waals surface area (Å²) in [6.07, 6.45) is 4.77. The number of nitrogens with zero attached hydrogens (tertiary/aromatic N) is 3. The molecule has 0 aromatic carbocycles. The number of anilines is 1. The number of ether oxygens (including phenoxy) is 1. The van der Waals surface area contributed by atoms with Crippen LogP contribution in [-0.2, 0) is 11.8 Å². The second-order valence-electron chi connectivity index (χ2n) is 4.99. The predicted octanol–water partition coefficient (Wildman–Crippen LogP) is 1.03. The normalized spacial score (nSPS) is 19.7. The predicted molar refractivity (Wildman–Crippen MR) is 72.8 cm³/mol. The average Bonchev–Trinajstić information content (AvgIpc) is 2.75. The molecule has 1 amide bonds. The van der Waals surface area contributed by atoms with Crippen LogP contribution in [0.3, 0.4) is 0 Å². The molecule has 0 aliphatic carbocycles. The Hall–Kier alpha value is -1.56. The van der Waals surface area contributed by atoms with Crippen molar-refractivity contribution in [1.82, 2.24) is 14.7 Å². The molecule has 0 spiro atoms. The molecule has 2 N–H and O–H groups in total. The van der Waals surface area contributed by atoms with E-state index in [2.05, 4.69) is 12.0 Å². The minimum Gasteiger partial charge on any atom is -0.396 e. The third kappa shape index (κ3) is 3.26. The van der Waals surface area contributed by atoms with Crippen LogP contribution < -0.4 is 5.73 Å². The smallest absolute Gasteiger partial charge is 0.276 e. The van der Waals surface area contributed by atoms with Gasteiger partial charge in [0.2, 0.25) is 0 Å². The number of amides is 1. The summed E-state index contributed by atoms with van der Waals surface area (Å²) in [7, 11) is 1.76. The summed E-state index contributed by atoms with van der Waals surface area (Å²) in [5.41, 5.74) is 6.58. The maximum atomic E-state index is 12.4. The first-order chi connectivity index (χ1) is 9.11. The second kappa shape index (κ2) is 6.06. The monoisotopic (exact) mass is 266 g/mol. The molecule has 1 atom stereocenters. The lowest BCUT2D eigenvalue weighted by Gasteiger charge is -2.32. The van der Waals surface area contributed by atoms with Crippen LogP contribution in [0.2, 0.25) is 0 Å². The van der Waals surface area contributed by atoms with Crippen LogP contribution in [0.1, 0.15) is 36.7 Å². The van der Waals surface area contributed by atoms with Gasteiger partial charge in [0, 0.05) is 32.9 Å². The molecule has 1 saturated heterocycles. The van der Waals surface area contributed by atoms with E-state index in [0.717, 1.165) is 32.4 Å². The molecule has 0 saturated carbocycles. The molecule has 19 heavy (non-hydrogen) atoms. The van der Waals surface area contributed by atoms with Crippen molar-refractivity contribution < 1.29 is 9.53 Å². The zero-order valence-corrected chi connectivity index (χ0v) is 11.6. The highest BCUT2D eigenvalue weighted by Gasteiger charge is 2.27. The van der Waals surface area contributed by atoms with Crippen molar-refractivity contribution in [2.45, 2.75) is 32.3 Å². The molecule has 1 unspecified atom stereocenters. The van der Waals surface area contributed by atoms with Crippen molar-refractivity contribution >= 4 is 11.6 Å². The maximum Gasteiger partial charge on any atom is 0.276 e. The van der Waals surface area contributed by atoms with E-state index in [4.69, 9.17) is 10.5 Å². The number of carbonyl (C=O) groups excluding carboxylic acids is 1. The minimum absolute atomic E-state index is 0.0945. The van der Waals surface area contributed by atoms with Gasteiger partial charge in [0.05, 0.1) is 11.8 Å². The van der Waals surface area contributed by atoms with E-state index >= 15 is 0 Å². The number of hydrogen-bond acceptors (Lipinski definition) is 4. The molecule has 1 aromatic heterocycles. The molecule has 1 aliphatic heterocycles. The molecule has 0 bridgehead atoms. The number of carbonyl (C=O) groups is 1. The number of piperidine rings is 1. The third-order valence-electron chi connectivity index (χ3n) is 3.28. The Labute approximate surface area is 113 Å². The molecule has 2 rings (SSSR count). The van der Waals surface area contributed by atoms with Gasteiger partial charge in [-0.15, -0.1) is 0 Å². The van der Waals surface area contributed by atoms with Crippen LogP contribution in [-0.4, -0.2) is 46.4 Å². The van der Waals surface area contributed by atoms with Gasteiger partial charge in [-0.25, -0.2) is 0 Å². The minimum atomic E-state index is -0.0945. The Morgan fingerprint density at radius 1 is 1.63 bits per heavy atom. The van der Waals surface area contributed by atoms with Crippen LogP contribution in [0, 0.1) is 0 Å². The van der Waals surface area contributed by atoms with Gasteiger partial charge in [0.25, 0.3) is 5.91 Å². The fraction of sp³-hybridized carbons (Fsp3) is 0.692. The number of nitrogen functional groups attached to an aromatic ring is 1. The summed E-state index contributed by atoms with van der Waals surface area (Å²) in [6.45, 7) is 4.22. The van der Waals surface area contributed by atoms with Crippen molar-refractivity contribution in [3.05, 3.63) is 11.9 Å².